The van der Waals surface area contributed by atoms with Crippen molar-refractivity contribution >= 4 is 23.2 Å². The largest absolute Gasteiger partial charge is 0.497 e. The van der Waals surface area contributed by atoms with Gasteiger partial charge in [0, 0.05) is 24.1 Å². The van der Waals surface area contributed by atoms with Gasteiger partial charge in [0.05, 0.1) is 7.11 Å². The maximum atomic E-state index is 6.35. The summed E-state index contributed by atoms with van der Waals surface area (Å²) in [7, 11) is 5.80. The molecule has 0 bridgehead atoms. The molecule has 0 saturated heterocycles. The first-order chi connectivity index (χ1) is 14.3. The summed E-state index contributed by atoms with van der Waals surface area (Å²) in [6.07, 6.45) is 0.933. The van der Waals surface area contributed by atoms with E-state index < -0.39 is 0 Å². The Kier molecular flexibility index (Phi) is 7.03. The Morgan fingerprint density at radius 2 is 1.68 bits per heavy atom. The lowest BCUT2D eigenvalue weighted by Gasteiger charge is -2.38. The normalized spacial score (nSPS) is 16.9. The molecule has 0 amide bonds. The van der Waals surface area contributed by atoms with Crippen molar-refractivity contribution in [2.24, 2.45) is 0 Å². The SMILES string of the molecule is COc1ccc2cc(C3CC(C)(C)Oc4cc(OCCN(C)C)ccc43)ccc2c1.Cl. The second-order valence-electron chi connectivity index (χ2n) is 8.94. The number of hydrogen-bond donors (Lipinski definition) is 0. The first-order valence-electron chi connectivity index (χ1n) is 10.5. The van der Waals surface area contributed by atoms with Crippen molar-refractivity contribution in [1.82, 2.24) is 4.90 Å². The third kappa shape index (κ3) is 5.25. The van der Waals surface area contributed by atoms with Gasteiger partial charge in [-0.15, -0.1) is 12.4 Å². The highest BCUT2D eigenvalue weighted by atomic mass is 35.5. The van der Waals surface area contributed by atoms with Crippen LogP contribution in [0.25, 0.3) is 10.8 Å². The lowest BCUT2D eigenvalue weighted by Crippen LogP contribution is -2.35. The van der Waals surface area contributed by atoms with Crippen LogP contribution >= 0.6 is 12.4 Å². The number of ether oxygens (including phenoxy) is 3. The van der Waals surface area contributed by atoms with Crippen LogP contribution in [0.3, 0.4) is 0 Å². The number of rotatable bonds is 6. The standard InChI is InChI=1S/C26H31NO3.ClH/c1-26(2)17-24(20-7-6-19-15-21(28-5)9-8-18(19)14-20)23-11-10-22(16-25(23)30-26)29-13-12-27(3)4;/h6-11,14-16,24H,12-13,17H2,1-5H3;1H. The molecule has 0 saturated carbocycles. The molecule has 0 aliphatic carbocycles. The van der Waals surface area contributed by atoms with Crippen molar-refractivity contribution in [1.29, 1.82) is 0 Å². The zero-order valence-corrected chi connectivity index (χ0v) is 19.8. The summed E-state index contributed by atoms with van der Waals surface area (Å²) >= 11 is 0. The average molecular weight is 442 g/mol. The van der Waals surface area contributed by atoms with Crippen molar-refractivity contribution in [3.05, 3.63) is 65.7 Å². The zero-order valence-electron chi connectivity index (χ0n) is 19.0. The van der Waals surface area contributed by atoms with Crippen LogP contribution in [-0.2, 0) is 0 Å². The summed E-state index contributed by atoms with van der Waals surface area (Å²) in [6, 6.07) is 19.2. The van der Waals surface area contributed by atoms with E-state index in [1.54, 1.807) is 7.11 Å². The van der Waals surface area contributed by atoms with Crippen LogP contribution in [0.2, 0.25) is 0 Å². The molecule has 1 unspecified atom stereocenters. The Bertz CT molecular complexity index is 1050. The van der Waals surface area contributed by atoms with E-state index in [4.69, 9.17) is 14.2 Å². The molecule has 0 aromatic heterocycles. The molecule has 31 heavy (non-hydrogen) atoms. The number of methoxy groups -OCH3 is 1. The number of nitrogens with zero attached hydrogens (tertiary/aromatic N) is 1. The summed E-state index contributed by atoms with van der Waals surface area (Å²) in [5.41, 5.74) is 2.29. The van der Waals surface area contributed by atoms with Crippen LogP contribution in [-0.4, -0.2) is 44.9 Å². The molecule has 1 heterocycles. The van der Waals surface area contributed by atoms with E-state index in [0.29, 0.717) is 6.61 Å². The molecule has 4 nitrogen and oxygen atoms in total. The summed E-state index contributed by atoms with van der Waals surface area (Å²) in [6.45, 7) is 5.86. The van der Waals surface area contributed by atoms with E-state index in [1.807, 2.05) is 26.2 Å². The molecule has 5 heteroatoms. The molecule has 0 fully saturated rings. The van der Waals surface area contributed by atoms with E-state index in [-0.39, 0.29) is 23.9 Å². The second kappa shape index (κ2) is 9.37. The lowest BCUT2D eigenvalue weighted by atomic mass is 9.79. The van der Waals surface area contributed by atoms with Crippen LogP contribution in [0, 0.1) is 0 Å². The number of hydrogen-bond acceptors (Lipinski definition) is 4. The molecular formula is C26H32ClNO3. The van der Waals surface area contributed by atoms with Crippen LogP contribution < -0.4 is 14.2 Å². The summed E-state index contributed by atoms with van der Waals surface area (Å²) in [5.74, 6) is 2.95. The number of likely N-dealkylation sites (N-methyl/N-ethyl adjacent to an activating group) is 1. The minimum atomic E-state index is -0.241. The maximum absolute atomic E-state index is 6.35. The molecule has 3 aromatic rings. The van der Waals surface area contributed by atoms with Gasteiger partial charge >= 0.3 is 0 Å². The summed E-state index contributed by atoms with van der Waals surface area (Å²) in [5, 5.41) is 2.41. The topological polar surface area (TPSA) is 30.9 Å². The van der Waals surface area contributed by atoms with E-state index in [1.165, 1.54) is 21.9 Å². The molecular weight excluding hydrogens is 410 g/mol. The Balaban J connectivity index is 0.00000272. The molecule has 1 aliphatic rings. The van der Waals surface area contributed by atoms with E-state index in [2.05, 4.69) is 61.2 Å². The molecule has 1 aliphatic heterocycles. The molecule has 0 radical (unpaired) electrons. The smallest absolute Gasteiger partial charge is 0.127 e. The van der Waals surface area contributed by atoms with Gasteiger partial charge in [-0.3, -0.25) is 0 Å². The minimum Gasteiger partial charge on any atom is -0.497 e. The van der Waals surface area contributed by atoms with Crippen molar-refractivity contribution in [2.45, 2.75) is 31.8 Å². The zero-order chi connectivity index (χ0) is 21.3. The lowest BCUT2D eigenvalue weighted by molar-refractivity contribution is 0.0770. The monoisotopic (exact) mass is 441 g/mol. The van der Waals surface area contributed by atoms with Crippen LogP contribution in [0.15, 0.2) is 54.6 Å². The number of benzene rings is 3. The van der Waals surface area contributed by atoms with Gasteiger partial charge in [0.1, 0.15) is 29.5 Å². The third-order valence-electron chi connectivity index (χ3n) is 5.72. The summed E-state index contributed by atoms with van der Waals surface area (Å²) in [4.78, 5) is 2.11. The Labute approximate surface area is 191 Å². The quantitative estimate of drug-likeness (QED) is 0.476. The third-order valence-corrected chi connectivity index (χ3v) is 5.72. The number of fused-ring (bicyclic) bond motifs is 2. The fraction of sp³-hybridized carbons (Fsp3) is 0.385. The minimum absolute atomic E-state index is 0. The van der Waals surface area contributed by atoms with Gasteiger partial charge in [0.25, 0.3) is 0 Å². The van der Waals surface area contributed by atoms with Crippen molar-refractivity contribution in [2.75, 3.05) is 34.4 Å². The highest BCUT2D eigenvalue weighted by Crippen LogP contribution is 2.46. The van der Waals surface area contributed by atoms with E-state index in [0.717, 1.165) is 30.2 Å². The first kappa shape index (κ1) is 23.2. The average Bonchev–Trinajstić information content (AvgIpc) is 2.71. The molecule has 166 valence electrons. The number of halogens is 1. The van der Waals surface area contributed by atoms with Crippen LogP contribution in [0.5, 0.6) is 17.2 Å². The Morgan fingerprint density at radius 1 is 0.968 bits per heavy atom. The Hall–Kier alpha value is -2.43. The van der Waals surface area contributed by atoms with Crippen molar-refractivity contribution < 1.29 is 14.2 Å². The summed E-state index contributed by atoms with van der Waals surface area (Å²) < 4.78 is 17.7. The first-order valence-corrected chi connectivity index (χ1v) is 10.5. The molecule has 0 N–H and O–H groups in total. The second-order valence-corrected chi connectivity index (χ2v) is 8.94. The van der Waals surface area contributed by atoms with Crippen LogP contribution in [0.4, 0.5) is 0 Å². The van der Waals surface area contributed by atoms with Gasteiger partial charge in [-0.2, -0.15) is 0 Å². The predicted octanol–water partition coefficient (Wildman–Crippen LogP) is 5.90. The predicted molar refractivity (Wildman–Crippen MR) is 129 cm³/mol. The highest BCUT2D eigenvalue weighted by molar-refractivity contribution is 5.85. The van der Waals surface area contributed by atoms with Gasteiger partial charge in [-0.25, -0.2) is 0 Å². The van der Waals surface area contributed by atoms with Gasteiger partial charge in [0.2, 0.25) is 0 Å². The molecule has 3 aromatic carbocycles. The van der Waals surface area contributed by atoms with Gasteiger partial charge in [-0.05, 0) is 68.9 Å². The molecule has 1 atom stereocenters. The highest BCUT2D eigenvalue weighted by Gasteiger charge is 2.34. The fourth-order valence-corrected chi connectivity index (χ4v) is 4.15. The fourth-order valence-electron chi connectivity index (χ4n) is 4.15. The van der Waals surface area contributed by atoms with Crippen molar-refractivity contribution in [3.63, 3.8) is 0 Å². The Morgan fingerprint density at radius 3 is 2.42 bits per heavy atom. The molecule has 4 rings (SSSR count). The van der Waals surface area contributed by atoms with Crippen molar-refractivity contribution in [3.8, 4) is 17.2 Å². The van der Waals surface area contributed by atoms with E-state index in [9.17, 15) is 0 Å². The van der Waals surface area contributed by atoms with Crippen LogP contribution in [0.1, 0.15) is 37.3 Å². The van der Waals surface area contributed by atoms with Gasteiger partial charge in [-0.1, -0.05) is 30.3 Å². The van der Waals surface area contributed by atoms with Gasteiger partial charge < -0.3 is 19.1 Å². The van der Waals surface area contributed by atoms with E-state index >= 15 is 0 Å². The molecule has 0 spiro atoms. The maximum Gasteiger partial charge on any atom is 0.127 e. The van der Waals surface area contributed by atoms with Gasteiger partial charge in [0.15, 0.2) is 0 Å².